The highest BCUT2D eigenvalue weighted by atomic mass is 31.2. The summed E-state index contributed by atoms with van der Waals surface area (Å²) in [4.78, 5) is 25.4. The maximum atomic E-state index is 9.76. The maximum absolute atomic E-state index is 9.76. The molecule has 0 aromatic rings. The SMILES string of the molecule is C1CCNCC1.C1CCNCC1.C1CCNCC1.O=C(O)CP(=O)(O)O. The normalized spacial score (nSPS) is 20.1. The van der Waals surface area contributed by atoms with Crippen molar-refractivity contribution in [3.63, 3.8) is 0 Å². The van der Waals surface area contributed by atoms with Crippen molar-refractivity contribution in [2.45, 2.75) is 57.8 Å². The average Bonchev–Trinajstić information content (AvgIpc) is 2.65. The largest absolute Gasteiger partial charge is 0.481 e. The molecule has 9 heteroatoms. The molecule has 8 nitrogen and oxygen atoms in total. The molecule has 0 atom stereocenters. The number of piperidine rings is 3. The van der Waals surface area contributed by atoms with E-state index in [1.807, 2.05) is 0 Å². The summed E-state index contributed by atoms with van der Waals surface area (Å²) in [5.41, 5.74) is 0. The summed E-state index contributed by atoms with van der Waals surface area (Å²) in [5, 5.41) is 17.6. The summed E-state index contributed by atoms with van der Waals surface area (Å²) in [6, 6.07) is 0. The van der Waals surface area contributed by atoms with Gasteiger partial charge in [-0.2, -0.15) is 0 Å². The Hall–Kier alpha value is -0.500. The molecular formula is C17H38N3O5P. The lowest BCUT2D eigenvalue weighted by molar-refractivity contribution is -0.134. The van der Waals surface area contributed by atoms with Crippen molar-refractivity contribution in [1.82, 2.24) is 16.0 Å². The number of aliphatic carboxylic acids is 1. The van der Waals surface area contributed by atoms with Gasteiger partial charge in [0.15, 0.2) is 0 Å². The summed E-state index contributed by atoms with van der Waals surface area (Å²) >= 11 is 0. The van der Waals surface area contributed by atoms with Crippen LogP contribution in [-0.4, -0.2) is 66.3 Å². The van der Waals surface area contributed by atoms with Crippen molar-refractivity contribution >= 4 is 13.6 Å². The zero-order valence-corrected chi connectivity index (χ0v) is 16.8. The van der Waals surface area contributed by atoms with Gasteiger partial charge in [-0.3, -0.25) is 9.36 Å². The Morgan fingerprint density at radius 1 is 0.654 bits per heavy atom. The van der Waals surface area contributed by atoms with Gasteiger partial charge in [0.2, 0.25) is 0 Å². The van der Waals surface area contributed by atoms with Gasteiger partial charge in [0.1, 0.15) is 6.16 Å². The first-order chi connectivity index (χ1) is 12.4. The molecule has 0 amide bonds. The second-order valence-electron chi connectivity index (χ2n) is 6.65. The van der Waals surface area contributed by atoms with Crippen molar-refractivity contribution in [2.24, 2.45) is 0 Å². The van der Waals surface area contributed by atoms with Gasteiger partial charge in [0, 0.05) is 0 Å². The molecule has 26 heavy (non-hydrogen) atoms. The van der Waals surface area contributed by atoms with Crippen molar-refractivity contribution in [2.75, 3.05) is 45.4 Å². The molecule has 0 bridgehead atoms. The van der Waals surface area contributed by atoms with E-state index in [0.29, 0.717) is 0 Å². The molecule has 0 unspecified atom stereocenters. The van der Waals surface area contributed by atoms with Crippen molar-refractivity contribution in [3.05, 3.63) is 0 Å². The van der Waals surface area contributed by atoms with Crippen LogP contribution in [0.5, 0.6) is 0 Å². The standard InChI is InChI=1S/3C5H11N.C2H5O5P/c3*1-2-4-6-5-3-1;3-2(4)1-8(5,6)7/h3*6H,1-5H2;1H2,(H,3,4)(H2,5,6,7). The minimum atomic E-state index is -4.32. The summed E-state index contributed by atoms with van der Waals surface area (Å²) in [6.07, 6.45) is 11.6. The second-order valence-corrected chi connectivity index (χ2v) is 8.29. The van der Waals surface area contributed by atoms with Gasteiger partial charge >= 0.3 is 13.6 Å². The molecule has 0 aromatic carbocycles. The van der Waals surface area contributed by atoms with Crippen LogP contribution in [0.15, 0.2) is 0 Å². The van der Waals surface area contributed by atoms with Crippen LogP contribution >= 0.6 is 7.60 Å². The van der Waals surface area contributed by atoms with E-state index in [9.17, 15) is 9.36 Å². The monoisotopic (exact) mass is 395 g/mol. The van der Waals surface area contributed by atoms with Gasteiger partial charge in [0.25, 0.3) is 0 Å². The fraction of sp³-hybridized carbons (Fsp3) is 0.941. The van der Waals surface area contributed by atoms with Crippen LogP contribution < -0.4 is 16.0 Å². The first-order valence-corrected chi connectivity index (χ1v) is 11.6. The van der Waals surface area contributed by atoms with Crippen LogP contribution in [0.1, 0.15) is 57.8 Å². The van der Waals surface area contributed by atoms with E-state index in [1.165, 1.54) is 97.1 Å². The Balaban J connectivity index is 0.000000322. The summed E-state index contributed by atoms with van der Waals surface area (Å²) in [7, 11) is -4.32. The van der Waals surface area contributed by atoms with E-state index < -0.39 is 19.7 Å². The number of hydrogen-bond acceptors (Lipinski definition) is 5. The highest BCUT2D eigenvalue weighted by molar-refractivity contribution is 7.52. The molecule has 3 rings (SSSR count). The fourth-order valence-electron chi connectivity index (χ4n) is 2.58. The highest BCUT2D eigenvalue weighted by Gasteiger charge is 2.17. The predicted molar refractivity (Wildman–Crippen MR) is 105 cm³/mol. The highest BCUT2D eigenvalue weighted by Crippen LogP contribution is 2.33. The van der Waals surface area contributed by atoms with Gasteiger partial charge in [0.05, 0.1) is 0 Å². The zero-order valence-electron chi connectivity index (χ0n) is 15.9. The van der Waals surface area contributed by atoms with Crippen molar-refractivity contribution in [3.8, 4) is 0 Å². The smallest absolute Gasteiger partial charge is 0.336 e. The zero-order chi connectivity index (χ0) is 19.5. The maximum Gasteiger partial charge on any atom is 0.336 e. The third kappa shape index (κ3) is 23.5. The topological polar surface area (TPSA) is 131 Å². The van der Waals surface area contributed by atoms with E-state index >= 15 is 0 Å². The minimum absolute atomic E-state index is 1.09. The Bertz CT molecular complexity index is 304. The van der Waals surface area contributed by atoms with E-state index in [2.05, 4.69) is 16.0 Å². The number of nitrogens with one attached hydrogen (secondary N) is 3. The number of hydrogen-bond donors (Lipinski definition) is 6. The fourth-order valence-corrected chi connectivity index (χ4v) is 2.93. The summed E-state index contributed by atoms with van der Waals surface area (Å²) in [5.74, 6) is -1.49. The van der Waals surface area contributed by atoms with E-state index in [1.54, 1.807) is 0 Å². The first kappa shape index (κ1) is 25.5. The molecule has 0 aliphatic carbocycles. The lowest BCUT2D eigenvalue weighted by Gasteiger charge is -2.08. The average molecular weight is 395 g/mol. The predicted octanol–water partition coefficient (Wildman–Crippen LogP) is 1.53. The molecule has 0 saturated carbocycles. The molecule has 3 aliphatic rings. The second kappa shape index (κ2) is 17.9. The quantitative estimate of drug-likeness (QED) is 0.388. The molecule has 0 radical (unpaired) electrons. The number of rotatable bonds is 2. The lowest BCUT2D eigenvalue weighted by atomic mass is 10.2. The van der Waals surface area contributed by atoms with Crippen LogP contribution in [0.3, 0.4) is 0 Å². The van der Waals surface area contributed by atoms with Crippen LogP contribution in [-0.2, 0) is 9.36 Å². The van der Waals surface area contributed by atoms with E-state index in [-0.39, 0.29) is 0 Å². The summed E-state index contributed by atoms with van der Waals surface area (Å²) < 4.78 is 9.76. The number of carboxylic acid groups (broad SMARTS) is 1. The van der Waals surface area contributed by atoms with Crippen LogP contribution in [0, 0.1) is 0 Å². The van der Waals surface area contributed by atoms with Gasteiger partial charge in [-0.1, -0.05) is 19.3 Å². The van der Waals surface area contributed by atoms with Crippen molar-refractivity contribution in [1.29, 1.82) is 0 Å². The Labute approximate surface area is 157 Å². The van der Waals surface area contributed by atoms with E-state index in [4.69, 9.17) is 14.9 Å². The minimum Gasteiger partial charge on any atom is -0.481 e. The molecule has 6 N–H and O–H groups in total. The summed E-state index contributed by atoms with van der Waals surface area (Å²) in [6.45, 7) is 7.50. The number of carbonyl (C=O) groups is 1. The number of carboxylic acids is 1. The van der Waals surface area contributed by atoms with Crippen LogP contribution in [0.25, 0.3) is 0 Å². The Kier molecular flexibility index (Phi) is 17.5. The Morgan fingerprint density at radius 3 is 0.962 bits per heavy atom. The third-order valence-electron chi connectivity index (χ3n) is 3.96. The van der Waals surface area contributed by atoms with Crippen molar-refractivity contribution < 1.29 is 24.3 Å². The molecule has 3 saturated heterocycles. The van der Waals surface area contributed by atoms with Crippen LogP contribution in [0.4, 0.5) is 0 Å². The van der Waals surface area contributed by atoms with Gasteiger partial charge in [-0.15, -0.1) is 0 Å². The molecule has 156 valence electrons. The lowest BCUT2D eigenvalue weighted by Crippen LogP contribution is -2.21. The molecule has 3 fully saturated rings. The van der Waals surface area contributed by atoms with Crippen LogP contribution in [0.2, 0.25) is 0 Å². The van der Waals surface area contributed by atoms with Gasteiger partial charge in [-0.05, 0) is 77.8 Å². The molecule has 0 aromatic heterocycles. The van der Waals surface area contributed by atoms with E-state index in [0.717, 1.165) is 0 Å². The van der Waals surface area contributed by atoms with Gasteiger partial charge < -0.3 is 30.8 Å². The molecule has 3 aliphatic heterocycles. The Morgan fingerprint density at radius 2 is 0.923 bits per heavy atom. The molecular weight excluding hydrogens is 357 g/mol. The molecule has 3 heterocycles. The molecule has 0 spiro atoms. The van der Waals surface area contributed by atoms with Gasteiger partial charge in [-0.25, -0.2) is 0 Å². The third-order valence-corrected chi connectivity index (χ3v) is 4.65. The first-order valence-electron chi connectivity index (χ1n) is 9.80.